The molecule has 1 N–H and O–H groups in total. The summed E-state index contributed by atoms with van der Waals surface area (Å²) in [4.78, 5) is 30.4. The Hall–Kier alpha value is -1.82. The lowest BCUT2D eigenvalue weighted by atomic mass is 9.86. The summed E-state index contributed by atoms with van der Waals surface area (Å²) in [6.45, 7) is 4.13. The second-order valence-electron chi connectivity index (χ2n) is 7.95. The van der Waals surface area contributed by atoms with Gasteiger partial charge in [-0.2, -0.15) is 0 Å². The molecule has 6 heteroatoms. The van der Waals surface area contributed by atoms with Crippen molar-refractivity contribution < 1.29 is 4.79 Å². The van der Waals surface area contributed by atoms with Crippen LogP contribution in [-0.4, -0.2) is 26.8 Å². The molecule has 2 fully saturated rings. The molecule has 2 aromatic rings. The molecule has 0 aliphatic heterocycles. The van der Waals surface area contributed by atoms with Crippen molar-refractivity contribution in [3.8, 4) is 0 Å². The number of hydrogen-bond donors (Lipinski definition) is 1. The van der Waals surface area contributed by atoms with E-state index in [0.717, 1.165) is 19.3 Å². The van der Waals surface area contributed by atoms with E-state index in [4.69, 9.17) is 4.98 Å². The predicted molar refractivity (Wildman–Crippen MR) is 109 cm³/mol. The number of carbonyl (C=O) groups is 1. The van der Waals surface area contributed by atoms with Gasteiger partial charge in [0.25, 0.3) is 5.56 Å². The zero-order valence-electron chi connectivity index (χ0n) is 16.0. The molecule has 144 valence electrons. The topological polar surface area (TPSA) is 64.0 Å². The fourth-order valence-electron chi connectivity index (χ4n) is 3.91. The number of para-hydroxylation sites is 1. The average molecular weight is 386 g/mol. The number of carbonyl (C=O) groups excluding carboxylic acids is 1. The van der Waals surface area contributed by atoms with Gasteiger partial charge in [-0.05, 0) is 50.7 Å². The molecular weight excluding hydrogens is 358 g/mol. The minimum atomic E-state index is -0.280. The summed E-state index contributed by atoms with van der Waals surface area (Å²) >= 11 is 1.41. The van der Waals surface area contributed by atoms with Crippen LogP contribution in [0.3, 0.4) is 0 Å². The van der Waals surface area contributed by atoms with E-state index < -0.39 is 0 Å². The number of aromatic nitrogens is 2. The van der Waals surface area contributed by atoms with Gasteiger partial charge in [0.15, 0.2) is 5.16 Å². The average Bonchev–Trinajstić information content (AvgIpc) is 3.48. The number of rotatable bonds is 5. The molecule has 5 nitrogen and oxygen atoms in total. The van der Waals surface area contributed by atoms with Gasteiger partial charge < -0.3 is 5.32 Å². The van der Waals surface area contributed by atoms with E-state index in [0.29, 0.717) is 22.0 Å². The Kier molecular flexibility index (Phi) is 5.26. The van der Waals surface area contributed by atoms with Gasteiger partial charge >= 0.3 is 0 Å². The molecule has 27 heavy (non-hydrogen) atoms. The Morgan fingerprint density at radius 2 is 1.96 bits per heavy atom. The summed E-state index contributed by atoms with van der Waals surface area (Å²) in [5.41, 5.74) is 0.717. The van der Waals surface area contributed by atoms with E-state index >= 15 is 0 Å². The molecular formula is C21H27N3O2S. The third kappa shape index (κ3) is 3.91. The number of fused-ring (bicyclic) bond motifs is 1. The van der Waals surface area contributed by atoms with Crippen LogP contribution < -0.4 is 10.9 Å². The van der Waals surface area contributed by atoms with Crippen LogP contribution in [0.2, 0.25) is 0 Å². The molecule has 4 rings (SSSR count). The highest BCUT2D eigenvalue weighted by molar-refractivity contribution is 8.00. The lowest BCUT2D eigenvalue weighted by molar-refractivity contribution is -0.121. The summed E-state index contributed by atoms with van der Waals surface area (Å²) in [6.07, 6.45) is 6.70. The summed E-state index contributed by atoms with van der Waals surface area (Å²) in [5.74, 6) is 0.576. The Morgan fingerprint density at radius 1 is 1.22 bits per heavy atom. The van der Waals surface area contributed by atoms with E-state index in [-0.39, 0.29) is 28.8 Å². The third-order valence-corrected chi connectivity index (χ3v) is 6.84. The quantitative estimate of drug-likeness (QED) is 0.626. The van der Waals surface area contributed by atoms with Crippen molar-refractivity contribution in [3.63, 3.8) is 0 Å². The fraction of sp³-hybridized carbons (Fsp3) is 0.571. The molecule has 3 unspecified atom stereocenters. The highest BCUT2D eigenvalue weighted by atomic mass is 32.2. The summed E-state index contributed by atoms with van der Waals surface area (Å²) in [5, 5.41) is 4.27. The Labute approximate surface area is 163 Å². The molecule has 2 aliphatic rings. The smallest absolute Gasteiger partial charge is 0.262 e. The van der Waals surface area contributed by atoms with Crippen molar-refractivity contribution in [2.75, 3.05) is 0 Å². The second-order valence-corrected chi connectivity index (χ2v) is 9.26. The van der Waals surface area contributed by atoms with Crippen LogP contribution in [0, 0.1) is 5.92 Å². The van der Waals surface area contributed by atoms with Gasteiger partial charge in [-0.1, -0.05) is 43.7 Å². The van der Waals surface area contributed by atoms with Crippen molar-refractivity contribution in [1.82, 2.24) is 14.9 Å². The van der Waals surface area contributed by atoms with Gasteiger partial charge in [0.05, 0.1) is 16.2 Å². The first-order chi connectivity index (χ1) is 13.0. The maximum Gasteiger partial charge on any atom is 0.262 e. The minimum Gasteiger partial charge on any atom is -0.352 e. The first kappa shape index (κ1) is 18.5. The molecule has 3 atom stereocenters. The zero-order chi connectivity index (χ0) is 19.0. The van der Waals surface area contributed by atoms with E-state index in [1.807, 2.05) is 31.2 Å². The molecule has 2 saturated carbocycles. The number of thioether (sulfide) groups is 1. The van der Waals surface area contributed by atoms with Crippen molar-refractivity contribution >= 4 is 28.6 Å². The van der Waals surface area contributed by atoms with Crippen LogP contribution in [-0.2, 0) is 4.79 Å². The molecule has 0 bridgehead atoms. The van der Waals surface area contributed by atoms with Crippen LogP contribution in [0.4, 0.5) is 0 Å². The van der Waals surface area contributed by atoms with Crippen LogP contribution in [0.15, 0.2) is 34.2 Å². The highest BCUT2D eigenvalue weighted by Gasteiger charge is 2.31. The fourth-order valence-corrected chi connectivity index (χ4v) is 4.89. The van der Waals surface area contributed by atoms with Crippen LogP contribution in [0.1, 0.15) is 58.4 Å². The number of nitrogens with zero attached hydrogens (tertiary/aromatic N) is 2. The van der Waals surface area contributed by atoms with Gasteiger partial charge in [0, 0.05) is 12.1 Å². The van der Waals surface area contributed by atoms with Gasteiger partial charge in [-0.25, -0.2) is 4.98 Å². The second kappa shape index (κ2) is 7.66. The molecule has 1 amide bonds. The van der Waals surface area contributed by atoms with Gasteiger partial charge in [-0.15, -0.1) is 0 Å². The number of amides is 1. The van der Waals surface area contributed by atoms with Gasteiger partial charge in [0.2, 0.25) is 5.91 Å². The molecule has 0 spiro atoms. The molecule has 0 radical (unpaired) electrons. The highest BCUT2D eigenvalue weighted by Crippen LogP contribution is 2.37. The largest absolute Gasteiger partial charge is 0.352 e. The molecule has 1 aromatic carbocycles. The predicted octanol–water partition coefficient (Wildman–Crippen LogP) is 3.91. The van der Waals surface area contributed by atoms with E-state index in [2.05, 4.69) is 12.2 Å². The van der Waals surface area contributed by atoms with Gasteiger partial charge in [-0.3, -0.25) is 14.2 Å². The Bertz CT molecular complexity index is 906. The van der Waals surface area contributed by atoms with Crippen LogP contribution in [0.25, 0.3) is 10.9 Å². The van der Waals surface area contributed by atoms with E-state index in [1.165, 1.54) is 31.0 Å². The maximum absolute atomic E-state index is 13.0. The first-order valence-electron chi connectivity index (χ1n) is 10.0. The number of benzene rings is 1. The minimum absolute atomic E-state index is 0.0131. The first-order valence-corrected chi connectivity index (χ1v) is 10.9. The number of nitrogens with one attached hydrogen (secondary N) is 1. The lowest BCUT2D eigenvalue weighted by Gasteiger charge is -2.30. The zero-order valence-corrected chi connectivity index (χ0v) is 16.8. The van der Waals surface area contributed by atoms with Crippen molar-refractivity contribution in [2.24, 2.45) is 5.92 Å². The lowest BCUT2D eigenvalue weighted by Crippen LogP contribution is -2.44. The Morgan fingerprint density at radius 3 is 2.70 bits per heavy atom. The SMILES string of the molecule is CC(Sc1nc2ccccc2c(=O)n1C1CC1)C(=O)NC1CCCCC1C. The molecule has 2 aliphatic carbocycles. The summed E-state index contributed by atoms with van der Waals surface area (Å²) < 4.78 is 1.81. The standard InChI is InChI=1S/C21H27N3O2S/c1-13-7-3-5-9-17(13)22-19(25)14(2)27-21-23-18-10-6-4-8-16(18)20(26)24(21)15-11-12-15/h4,6,8,10,13-15,17H,3,5,7,9,11-12H2,1-2H3,(H,22,25). The monoisotopic (exact) mass is 385 g/mol. The van der Waals surface area contributed by atoms with Gasteiger partial charge in [0.1, 0.15) is 0 Å². The number of hydrogen-bond acceptors (Lipinski definition) is 4. The summed E-state index contributed by atoms with van der Waals surface area (Å²) in [7, 11) is 0. The normalized spacial score (nSPS) is 23.9. The molecule has 1 heterocycles. The van der Waals surface area contributed by atoms with Crippen LogP contribution >= 0.6 is 11.8 Å². The maximum atomic E-state index is 13.0. The van der Waals surface area contributed by atoms with Crippen molar-refractivity contribution in [3.05, 3.63) is 34.6 Å². The summed E-state index contributed by atoms with van der Waals surface area (Å²) in [6, 6.07) is 7.96. The van der Waals surface area contributed by atoms with Crippen LogP contribution in [0.5, 0.6) is 0 Å². The van der Waals surface area contributed by atoms with E-state index in [1.54, 1.807) is 4.57 Å². The third-order valence-electron chi connectivity index (χ3n) is 5.78. The van der Waals surface area contributed by atoms with Crippen molar-refractivity contribution in [1.29, 1.82) is 0 Å². The Balaban J connectivity index is 1.56. The van der Waals surface area contributed by atoms with E-state index in [9.17, 15) is 9.59 Å². The molecule has 0 saturated heterocycles. The van der Waals surface area contributed by atoms with Crippen molar-refractivity contribution in [2.45, 2.75) is 74.9 Å². The molecule has 1 aromatic heterocycles.